The number of thiazole rings is 1. The maximum Gasteiger partial charge on any atom is 0.203 e. The lowest BCUT2D eigenvalue weighted by Gasteiger charge is -2.15. The molecule has 0 fully saturated rings. The summed E-state index contributed by atoms with van der Waals surface area (Å²) in [7, 11) is 3.17. The maximum atomic E-state index is 9.67. The Balaban J connectivity index is 1.97. The second-order valence-corrected chi connectivity index (χ2v) is 7.59. The Bertz CT molecular complexity index is 976. The van der Waals surface area contributed by atoms with Crippen molar-refractivity contribution in [2.45, 2.75) is 13.3 Å². The van der Waals surface area contributed by atoms with Crippen molar-refractivity contribution in [3.63, 3.8) is 0 Å². The largest absolute Gasteiger partial charge is 0.493 e. The van der Waals surface area contributed by atoms with Crippen LogP contribution in [0, 0.1) is 11.3 Å². The van der Waals surface area contributed by atoms with Gasteiger partial charge in [-0.05, 0) is 41.6 Å². The minimum absolute atomic E-state index is 0.485. The number of thiophene rings is 1. The maximum absolute atomic E-state index is 9.67. The van der Waals surface area contributed by atoms with E-state index in [1.165, 1.54) is 11.3 Å². The molecular formula is C21H20N2O3S2. The summed E-state index contributed by atoms with van der Waals surface area (Å²) in [5.41, 5.74) is 2.15. The molecule has 2 aromatic heterocycles. The van der Waals surface area contributed by atoms with Crippen LogP contribution in [0.15, 0.2) is 35.0 Å². The van der Waals surface area contributed by atoms with Gasteiger partial charge in [-0.25, -0.2) is 4.98 Å². The van der Waals surface area contributed by atoms with Crippen molar-refractivity contribution >= 4 is 34.3 Å². The highest BCUT2D eigenvalue weighted by atomic mass is 32.1. The van der Waals surface area contributed by atoms with Crippen LogP contribution >= 0.6 is 22.7 Å². The lowest BCUT2D eigenvalue weighted by atomic mass is 10.1. The van der Waals surface area contributed by atoms with Gasteiger partial charge in [0.05, 0.1) is 37.0 Å². The Morgan fingerprint density at radius 2 is 1.96 bits per heavy atom. The van der Waals surface area contributed by atoms with E-state index in [9.17, 15) is 5.26 Å². The zero-order valence-electron chi connectivity index (χ0n) is 15.9. The van der Waals surface area contributed by atoms with Crippen LogP contribution < -0.4 is 14.2 Å². The SMILES string of the molecule is CCCOc1c(OC)cc(/C=C(/C#N)c2nc(-c3cccs3)cs2)cc1OC. The van der Waals surface area contributed by atoms with Gasteiger partial charge in [0.1, 0.15) is 11.1 Å². The number of methoxy groups -OCH3 is 2. The van der Waals surface area contributed by atoms with E-state index in [-0.39, 0.29) is 0 Å². The van der Waals surface area contributed by atoms with E-state index in [4.69, 9.17) is 14.2 Å². The van der Waals surface area contributed by atoms with Crippen LogP contribution in [-0.2, 0) is 0 Å². The molecule has 0 atom stereocenters. The topological polar surface area (TPSA) is 64.4 Å². The number of rotatable bonds is 8. The third-order valence-corrected chi connectivity index (χ3v) is 5.64. The van der Waals surface area contributed by atoms with E-state index in [2.05, 4.69) is 11.1 Å². The first-order chi connectivity index (χ1) is 13.7. The molecule has 28 heavy (non-hydrogen) atoms. The van der Waals surface area contributed by atoms with Crippen molar-refractivity contribution in [3.05, 3.63) is 45.6 Å². The molecule has 0 saturated carbocycles. The smallest absolute Gasteiger partial charge is 0.203 e. The highest BCUT2D eigenvalue weighted by Crippen LogP contribution is 2.40. The number of benzene rings is 1. The zero-order chi connectivity index (χ0) is 19.9. The first-order valence-electron chi connectivity index (χ1n) is 8.70. The van der Waals surface area contributed by atoms with E-state index < -0.39 is 0 Å². The third kappa shape index (κ3) is 4.35. The fraction of sp³-hybridized carbons (Fsp3) is 0.238. The molecule has 0 aliphatic carbocycles. The van der Waals surface area contributed by atoms with Gasteiger partial charge >= 0.3 is 0 Å². The molecule has 0 spiro atoms. The molecular weight excluding hydrogens is 392 g/mol. The van der Waals surface area contributed by atoms with Crippen LogP contribution in [0.25, 0.3) is 22.2 Å². The van der Waals surface area contributed by atoms with Crippen LogP contribution in [0.1, 0.15) is 23.9 Å². The molecule has 1 aromatic carbocycles. The minimum Gasteiger partial charge on any atom is -0.493 e. The molecule has 0 N–H and O–H groups in total. The lowest BCUT2D eigenvalue weighted by Crippen LogP contribution is -2.01. The Morgan fingerprint density at radius 1 is 1.21 bits per heavy atom. The van der Waals surface area contributed by atoms with Gasteiger partial charge in [0.25, 0.3) is 0 Å². The van der Waals surface area contributed by atoms with Gasteiger partial charge in [0.2, 0.25) is 5.75 Å². The number of allylic oxidation sites excluding steroid dienone is 1. The molecule has 0 aliphatic heterocycles. The fourth-order valence-corrected chi connectivity index (χ4v) is 4.12. The van der Waals surface area contributed by atoms with Gasteiger partial charge in [0.15, 0.2) is 11.5 Å². The quantitative estimate of drug-likeness (QED) is 0.441. The van der Waals surface area contributed by atoms with Crippen LogP contribution in [-0.4, -0.2) is 25.8 Å². The van der Waals surface area contributed by atoms with Crippen molar-refractivity contribution in [3.8, 4) is 33.9 Å². The number of nitriles is 1. The second kappa shape index (κ2) is 9.40. The summed E-state index contributed by atoms with van der Waals surface area (Å²) in [6.07, 6.45) is 2.66. The molecule has 0 saturated heterocycles. The van der Waals surface area contributed by atoms with E-state index in [1.54, 1.807) is 31.6 Å². The van der Waals surface area contributed by atoms with Gasteiger partial charge in [-0.15, -0.1) is 22.7 Å². The van der Waals surface area contributed by atoms with Crippen molar-refractivity contribution in [2.24, 2.45) is 0 Å². The summed E-state index contributed by atoms with van der Waals surface area (Å²) >= 11 is 3.08. The van der Waals surface area contributed by atoms with Crippen LogP contribution in [0.5, 0.6) is 17.2 Å². The molecule has 3 rings (SSSR count). The normalized spacial score (nSPS) is 11.1. The minimum atomic E-state index is 0.485. The summed E-state index contributed by atoms with van der Waals surface area (Å²) in [6.45, 7) is 2.60. The molecule has 7 heteroatoms. The summed E-state index contributed by atoms with van der Waals surface area (Å²) in [5.74, 6) is 1.70. The van der Waals surface area contributed by atoms with Crippen LogP contribution in [0.4, 0.5) is 0 Å². The molecule has 5 nitrogen and oxygen atoms in total. The van der Waals surface area contributed by atoms with E-state index in [0.717, 1.165) is 22.6 Å². The van der Waals surface area contributed by atoms with E-state index >= 15 is 0 Å². The van der Waals surface area contributed by atoms with Crippen molar-refractivity contribution in [1.82, 2.24) is 4.98 Å². The van der Waals surface area contributed by atoms with Gasteiger partial charge in [-0.1, -0.05) is 13.0 Å². The number of nitrogens with zero attached hydrogens (tertiary/aromatic N) is 2. The number of hydrogen-bond donors (Lipinski definition) is 0. The summed E-state index contributed by atoms with van der Waals surface area (Å²) in [5, 5.41) is 14.3. The number of ether oxygens (including phenoxy) is 3. The standard InChI is InChI=1S/C21H20N2O3S2/c1-4-7-26-20-17(24-2)10-14(11-18(20)25-3)9-15(12-22)21-23-16(13-28-21)19-6-5-8-27-19/h5-6,8-11,13H,4,7H2,1-3H3/b15-9-. The Hall–Kier alpha value is -2.82. The van der Waals surface area contributed by atoms with Crippen molar-refractivity contribution < 1.29 is 14.2 Å². The first kappa shape index (κ1) is 19.9. The Morgan fingerprint density at radius 3 is 2.54 bits per heavy atom. The predicted molar refractivity (Wildman–Crippen MR) is 114 cm³/mol. The van der Waals surface area contributed by atoms with E-state index in [1.807, 2.05) is 41.9 Å². The molecule has 144 valence electrons. The summed E-state index contributed by atoms with van der Waals surface area (Å²) < 4.78 is 16.7. The number of aromatic nitrogens is 1. The predicted octanol–water partition coefficient (Wildman–Crippen LogP) is 5.74. The molecule has 0 unspecified atom stereocenters. The molecule has 2 heterocycles. The summed E-state index contributed by atoms with van der Waals surface area (Å²) in [6, 6.07) is 9.92. The van der Waals surface area contributed by atoms with Crippen molar-refractivity contribution in [2.75, 3.05) is 20.8 Å². The van der Waals surface area contributed by atoms with Gasteiger partial charge in [-0.3, -0.25) is 0 Å². The molecule has 3 aromatic rings. The molecule has 0 bridgehead atoms. The van der Waals surface area contributed by atoms with Gasteiger partial charge in [0, 0.05) is 5.38 Å². The monoisotopic (exact) mass is 412 g/mol. The highest BCUT2D eigenvalue weighted by Gasteiger charge is 2.15. The van der Waals surface area contributed by atoms with Crippen molar-refractivity contribution in [1.29, 1.82) is 5.26 Å². The fourth-order valence-electron chi connectivity index (χ4n) is 2.57. The molecule has 0 radical (unpaired) electrons. The van der Waals surface area contributed by atoms with Gasteiger partial charge < -0.3 is 14.2 Å². The first-order valence-corrected chi connectivity index (χ1v) is 10.5. The second-order valence-electron chi connectivity index (χ2n) is 5.79. The van der Waals surface area contributed by atoms with E-state index in [0.29, 0.717) is 34.4 Å². The highest BCUT2D eigenvalue weighted by molar-refractivity contribution is 7.14. The molecule has 0 amide bonds. The van der Waals surface area contributed by atoms with Crippen LogP contribution in [0.3, 0.4) is 0 Å². The average Bonchev–Trinajstić information content (AvgIpc) is 3.41. The summed E-state index contributed by atoms with van der Waals surface area (Å²) in [4.78, 5) is 5.70. The van der Waals surface area contributed by atoms with Gasteiger partial charge in [-0.2, -0.15) is 5.26 Å². The third-order valence-electron chi connectivity index (χ3n) is 3.87. The zero-order valence-corrected chi connectivity index (χ0v) is 17.5. The average molecular weight is 413 g/mol. The Labute approximate surface area is 172 Å². The molecule has 0 aliphatic rings. The van der Waals surface area contributed by atoms with Crippen LogP contribution in [0.2, 0.25) is 0 Å². The Kier molecular flexibility index (Phi) is 6.69. The lowest BCUT2D eigenvalue weighted by molar-refractivity contribution is 0.275. The number of hydrogen-bond acceptors (Lipinski definition) is 7.